The van der Waals surface area contributed by atoms with Crippen LogP contribution in [0.4, 0.5) is 0 Å². The molecule has 0 radical (unpaired) electrons. The fourth-order valence-electron chi connectivity index (χ4n) is 3.06. The number of carbonyl (C=O) groups is 1. The monoisotopic (exact) mass is 306 g/mol. The van der Waals surface area contributed by atoms with Gasteiger partial charge in [-0.05, 0) is 19.4 Å². The van der Waals surface area contributed by atoms with Crippen molar-refractivity contribution in [2.45, 2.75) is 13.3 Å². The Hall–Kier alpha value is -2.69. The third-order valence-corrected chi connectivity index (χ3v) is 4.41. The van der Waals surface area contributed by atoms with Crippen molar-refractivity contribution < 1.29 is 4.79 Å². The molecule has 0 bridgehead atoms. The van der Waals surface area contributed by atoms with Crippen LogP contribution >= 0.6 is 0 Å². The van der Waals surface area contributed by atoms with Crippen LogP contribution in [0, 0.1) is 6.92 Å². The number of aryl methyl sites for hydroxylation is 2. The SMILES string of the molecule is Cc1nn(C)c2nc(-c3ccccc3)cc(C(=O)N3CCC3)c12. The topological polar surface area (TPSA) is 51.0 Å². The molecule has 1 fully saturated rings. The van der Waals surface area contributed by atoms with Crippen LogP contribution in [0.1, 0.15) is 22.5 Å². The quantitative estimate of drug-likeness (QED) is 0.731. The molecule has 0 atom stereocenters. The molecule has 0 saturated carbocycles. The van der Waals surface area contributed by atoms with Gasteiger partial charge in [0.15, 0.2) is 5.65 Å². The summed E-state index contributed by atoms with van der Waals surface area (Å²) in [7, 11) is 1.87. The second-order valence-corrected chi connectivity index (χ2v) is 5.97. The number of amides is 1. The fraction of sp³-hybridized carbons (Fsp3) is 0.278. The van der Waals surface area contributed by atoms with Gasteiger partial charge in [-0.1, -0.05) is 30.3 Å². The molecule has 1 aliphatic heterocycles. The molecule has 0 spiro atoms. The minimum Gasteiger partial charge on any atom is -0.338 e. The van der Waals surface area contributed by atoms with Gasteiger partial charge in [0.2, 0.25) is 0 Å². The maximum atomic E-state index is 12.8. The molecule has 1 saturated heterocycles. The third kappa shape index (κ3) is 2.20. The summed E-state index contributed by atoms with van der Waals surface area (Å²) >= 11 is 0. The first-order valence-corrected chi connectivity index (χ1v) is 7.84. The van der Waals surface area contributed by atoms with Crippen molar-refractivity contribution in [2.24, 2.45) is 7.05 Å². The molecule has 4 rings (SSSR count). The molecule has 3 heterocycles. The number of rotatable bonds is 2. The smallest absolute Gasteiger partial charge is 0.254 e. The zero-order chi connectivity index (χ0) is 16.0. The largest absolute Gasteiger partial charge is 0.338 e. The fourth-order valence-corrected chi connectivity index (χ4v) is 3.06. The Bertz CT molecular complexity index is 894. The molecule has 3 aromatic rings. The maximum Gasteiger partial charge on any atom is 0.254 e. The van der Waals surface area contributed by atoms with Gasteiger partial charge in [-0.3, -0.25) is 9.48 Å². The summed E-state index contributed by atoms with van der Waals surface area (Å²) in [6, 6.07) is 11.9. The molecule has 1 aromatic carbocycles. The maximum absolute atomic E-state index is 12.8. The van der Waals surface area contributed by atoms with E-state index in [1.807, 2.05) is 55.3 Å². The van der Waals surface area contributed by atoms with Gasteiger partial charge < -0.3 is 4.90 Å². The molecule has 0 N–H and O–H groups in total. The van der Waals surface area contributed by atoms with E-state index in [0.717, 1.165) is 47.5 Å². The first-order valence-electron chi connectivity index (χ1n) is 7.84. The summed E-state index contributed by atoms with van der Waals surface area (Å²) in [5.74, 6) is 0.0805. The second kappa shape index (κ2) is 5.19. The van der Waals surface area contributed by atoms with Gasteiger partial charge in [0.05, 0.1) is 22.3 Å². The Morgan fingerprint density at radius 1 is 1.17 bits per heavy atom. The van der Waals surface area contributed by atoms with Crippen molar-refractivity contribution in [3.63, 3.8) is 0 Å². The highest BCUT2D eigenvalue weighted by Gasteiger charge is 2.26. The Labute approximate surface area is 134 Å². The number of carbonyl (C=O) groups excluding carboxylic acids is 1. The number of hydrogen-bond donors (Lipinski definition) is 0. The van der Waals surface area contributed by atoms with Gasteiger partial charge in [-0.15, -0.1) is 0 Å². The van der Waals surface area contributed by atoms with E-state index in [-0.39, 0.29) is 5.91 Å². The van der Waals surface area contributed by atoms with Gasteiger partial charge in [-0.2, -0.15) is 5.10 Å². The van der Waals surface area contributed by atoms with Crippen molar-refractivity contribution in [2.75, 3.05) is 13.1 Å². The number of aromatic nitrogens is 3. The van der Waals surface area contributed by atoms with Crippen molar-refractivity contribution in [1.82, 2.24) is 19.7 Å². The van der Waals surface area contributed by atoms with E-state index in [4.69, 9.17) is 4.98 Å². The zero-order valence-electron chi connectivity index (χ0n) is 13.3. The summed E-state index contributed by atoms with van der Waals surface area (Å²) in [6.45, 7) is 3.60. The first-order chi connectivity index (χ1) is 11.1. The van der Waals surface area contributed by atoms with Gasteiger partial charge in [0.1, 0.15) is 0 Å². The molecule has 23 heavy (non-hydrogen) atoms. The number of nitrogens with zero attached hydrogens (tertiary/aromatic N) is 4. The lowest BCUT2D eigenvalue weighted by Crippen LogP contribution is -2.42. The molecule has 0 unspecified atom stereocenters. The van der Waals surface area contributed by atoms with Crippen LogP contribution in [0.3, 0.4) is 0 Å². The molecule has 116 valence electrons. The van der Waals surface area contributed by atoms with Crippen molar-refractivity contribution in [3.8, 4) is 11.3 Å². The molecule has 0 aliphatic carbocycles. The molecule has 2 aromatic heterocycles. The summed E-state index contributed by atoms with van der Waals surface area (Å²) < 4.78 is 1.75. The number of fused-ring (bicyclic) bond motifs is 1. The molecule has 1 amide bonds. The lowest BCUT2D eigenvalue weighted by Gasteiger charge is -2.31. The summed E-state index contributed by atoms with van der Waals surface area (Å²) in [6.07, 6.45) is 1.08. The highest BCUT2D eigenvalue weighted by atomic mass is 16.2. The number of likely N-dealkylation sites (tertiary alicyclic amines) is 1. The standard InChI is InChI=1S/C18H18N4O/c1-12-16-14(18(23)22-9-6-10-22)11-15(13-7-4-3-5-8-13)19-17(16)21(2)20-12/h3-5,7-8,11H,6,9-10H2,1-2H3. The van der Waals surface area contributed by atoms with Gasteiger partial charge in [0, 0.05) is 25.7 Å². The predicted octanol–water partition coefficient (Wildman–Crippen LogP) is 2.79. The van der Waals surface area contributed by atoms with Crippen LogP contribution in [-0.4, -0.2) is 38.7 Å². The van der Waals surface area contributed by atoms with E-state index < -0.39 is 0 Å². The summed E-state index contributed by atoms with van der Waals surface area (Å²) in [5, 5.41) is 5.32. The molecular weight excluding hydrogens is 288 g/mol. The molecule has 1 aliphatic rings. The average molecular weight is 306 g/mol. The Balaban J connectivity index is 1.96. The molecular formula is C18H18N4O. The normalized spacial score (nSPS) is 14.1. The number of hydrogen-bond acceptors (Lipinski definition) is 3. The van der Waals surface area contributed by atoms with Crippen molar-refractivity contribution >= 4 is 16.9 Å². The van der Waals surface area contributed by atoms with Crippen LogP contribution in [0.25, 0.3) is 22.3 Å². The zero-order valence-corrected chi connectivity index (χ0v) is 13.3. The Morgan fingerprint density at radius 2 is 1.91 bits per heavy atom. The van der Waals surface area contributed by atoms with E-state index in [1.165, 1.54) is 0 Å². The Morgan fingerprint density at radius 3 is 2.57 bits per heavy atom. The third-order valence-electron chi connectivity index (χ3n) is 4.41. The first kappa shape index (κ1) is 13.9. The lowest BCUT2D eigenvalue weighted by molar-refractivity contribution is 0.0654. The lowest BCUT2D eigenvalue weighted by atomic mass is 10.0. The highest BCUT2D eigenvalue weighted by Crippen LogP contribution is 2.28. The van der Waals surface area contributed by atoms with Crippen LogP contribution in [0.15, 0.2) is 36.4 Å². The van der Waals surface area contributed by atoms with E-state index in [9.17, 15) is 4.79 Å². The number of pyridine rings is 1. The van der Waals surface area contributed by atoms with E-state index in [0.29, 0.717) is 5.56 Å². The van der Waals surface area contributed by atoms with E-state index in [2.05, 4.69) is 5.10 Å². The predicted molar refractivity (Wildman–Crippen MR) is 89.2 cm³/mol. The summed E-state index contributed by atoms with van der Waals surface area (Å²) in [4.78, 5) is 19.5. The van der Waals surface area contributed by atoms with Gasteiger partial charge in [-0.25, -0.2) is 4.98 Å². The minimum atomic E-state index is 0.0805. The van der Waals surface area contributed by atoms with Crippen LogP contribution in [0.5, 0.6) is 0 Å². The molecule has 5 nitrogen and oxygen atoms in total. The van der Waals surface area contributed by atoms with E-state index >= 15 is 0 Å². The Kier molecular flexibility index (Phi) is 3.15. The van der Waals surface area contributed by atoms with Gasteiger partial charge in [0.25, 0.3) is 5.91 Å². The summed E-state index contributed by atoms with van der Waals surface area (Å²) in [5.41, 5.74) is 4.13. The van der Waals surface area contributed by atoms with Gasteiger partial charge >= 0.3 is 0 Å². The number of benzene rings is 1. The van der Waals surface area contributed by atoms with Crippen molar-refractivity contribution in [3.05, 3.63) is 47.7 Å². The molecule has 5 heteroatoms. The minimum absolute atomic E-state index is 0.0805. The van der Waals surface area contributed by atoms with Crippen LogP contribution in [-0.2, 0) is 7.05 Å². The van der Waals surface area contributed by atoms with Crippen LogP contribution in [0.2, 0.25) is 0 Å². The van der Waals surface area contributed by atoms with E-state index in [1.54, 1.807) is 4.68 Å². The van der Waals surface area contributed by atoms with Crippen LogP contribution < -0.4 is 0 Å². The highest BCUT2D eigenvalue weighted by molar-refractivity contribution is 6.07. The van der Waals surface area contributed by atoms with Crippen molar-refractivity contribution in [1.29, 1.82) is 0 Å². The second-order valence-electron chi connectivity index (χ2n) is 5.97. The average Bonchev–Trinajstić information content (AvgIpc) is 2.80.